The number of carbonyl (C=O) groups is 1. The fourth-order valence-electron chi connectivity index (χ4n) is 1.60. The van der Waals surface area contributed by atoms with Gasteiger partial charge in [0.2, 0.25) is 0 Å². The van der Waals surface area contributed by atoms with Gasteiger partial charge in [0, 0.05) is 32.7 Å². The molecule has 0 fully saturated rings. The van der Waals surface area contributed by atoms with E-state index >= 15 is 0 Å². The Morgan fingerprint density at radius 3 is 2.44 bits per heavy atom. The van der Waals surface area contributed by atoms with Crippen LogP contribution in [-0.4, -0.2) is 52.1 Å². The first-order valence-corrected chi connectivity index (χ1v) is 5.91. The van der Waals surface area contributed by atoms with Crippen molar-refractivity contribution in [2.24, 2.45) is 0 Å². The predicted octanol–water partition coefficient (Wildman–Crippen LogP) is 0.626. The summed E-state index contributed by atoms with van der Waals surface area (Å²) in [6.07, 6.45) is 0. The molecule has 5 nitrogen and oxygen atoms in total. The summed E-state index contributed by atoms with van der Waals surface area (Å²) < 4.78 is 0. The zero-order valence-corrected chi connectivity index (χ0v) is 11.5. The van der Waals surface area contributed by atoms with Crippen molar-refractivity contribution in [1.82, 2.24) is 10.2 Å². The zero-order chi connectivity index (χ0) is 13.7. The number of nitrogens with zero attached hydrogens (tertiary/aromatic N) is 2. The number of anilines is 2. The minimum Gasteiger partial charge on any atom is -0.397 e. The lowest BCUT2D eigenvalue weighted by molar-refractivity contribution is 0.0951. The van der Waals surface area contributed by atoms with Gasteiger partial charge in [-0.3, -0.25) is 4.79 Å². The molecule has 1 rings (SSSR count). The second-order valence-corrected chi connectivity index (χ2v) is 4.73. The number of rotatable bonds is 5. The topological polar surface area (TPSA) is 61.6 Å². The molecule has 1 aromatic rings. The van der Waals surface area contributed by atoms with Crippen LogP contribution in [0.5, 0.6) is 0 Å². The van der Waals surface area contributed by atoms with E-state index in [0.717, 1.165) is 12.2 Å². The highest BCUT2D eigenvalue weighted by Crippen LogP contribution is 2.22. The standard InChI is InChI=1S/C13H22N4O/c1-16(2)8-7-15-13(18)10-5-6-12(17(3)4)11(14)9-10/h5-6,9H,7-8,14H2,1-4H3,(H,15,18). The van der Waals surface area contributed by atoms with E-state index in [1.165, 1.54) is 0 Å². The van der Waals surface area contributed by atoms with Crippen LogP contribution >= 0.6 is 0 Å². The van der Waals surface area contributed by atoms with Gasteiger partial charge in [0.1, 0.15) is 0 Å². The molecule has 0 aliphatic rings. The first-order valence-electron chi connectivity index (χ1n) is 5.91. The third-order valence-electron chi connectivity index (χ3n) is 2.62. The third kappa shape index (κ3) is 3.92. The fraction of sp³-hybridized carbons (Fsp3) is 0.462. The van der Waals surface area contributed by atoms with Crippen LogP contribution in [0.4, 0.5) is 11.4 Å². The van der Waals surface area contributed by atoms with E-state index < -0.39 is 0 Å². The van der Waals surface area contributed by atoms with Crippen LogP contribution < -0.4 is 16.0 Å². The van der Waals surface area contributed by atoms with Crippen molar-refractivity contribution < 1.29 is 4.79 Å². The lowest BCUT2D eigenvalue weighted by Gasteiger charge is -2.16. The average molecular weight is 250 g/mol. The Bertz CT molecular complexity index is 415. The Balaban J connectivity index is 2.67. The van der Waals surface area contributed by atoms with Crippen LogP contribution in [0.1, 0.15) is 10.4 Å². The molecular weight excluding hydrogens is 228 g/mol. The van der Waals surface area contributed by atoms with Gasteiger partial charge < -0.3 is 20.9 Å². The maximum atomic E-state index is 11.9. The quantitative estimate of drug-likeness (QED) is 0.752. The molecule has 18 heavy (non-hydrogen) atoms. The van der Waals surface area contributed by atoms with E-state index in [1.54, 1.807) is 12.1 Å². The Morgan fingerprint density at radius 1 is 1.28 bits per heavy atom. The number of benzene rings is 1. The second-order valence-electron chi connectivity index (χ2n) is 4.73. The molecule has 1 amide bonds. The molecule has 0 unspecified atom stereocenters. The molecule has 1 aromatic carbocycles. The van der Waals surface area contributed by atoms with E-state index in [1.807, 2.05) is 44.1 Å². The maximum absolute atomic E-state index is 11.9. The van der Waals surface area contributed by atoms with Crippen LogP contribution in [0, 0.1) is 0 Å². The van der Waals surface area contributed by atoms with E-state index in [0.29, 0.717) is 17.8 Å². The van der Waals surface area contributed by atoms with Gasteiger partial charge in [-0.25, -0.2) is 0 Å². The number of carbonyl (C=O) groups excluding carboxylic acids is 1. The summed E-state index contributed by atoms with van der Waals surface area (Å²) in [6, 6.07) is 5.35. The van der Waals surface area contributed by atoms with Gasteiger partial charge in [-0.2, -0.15) is 0 Å². The van der Waals surface area contributed by atoms with Crippen LogP contribution in [0.3, 0.4) is 0 Å². The number of nitrogens with two attached hydrogens (primary N) is 1. The van der Waals surface area contributed by atoms with Crippen LogP contribution in [0.2, 0.25) is 0 Å². The summed E-state index contributed by atoms with van der Waals surface area (Å²) in [5, 5.41) is 2.86. The SMILES string of the molecule is CN(C)CCNC(=O)c1ccc(N(C)C)c(N)c1. The number of nitrogens with one attached hydrogen (secondary N) is 1. The second kappa shape index (κ2) is 6.26. The highest BCUT2D eigenvalue weighted by molar-refractivity contribution is 5.96. The molecule has 0 bridgehead atoms. The maximum Gasteiger partial charge on any atom is 0.251 e. The minimum atomic E-state index is -0.0890. The Labute approximate surface area is 109 Å². The van der Waals surface area contributed by atoms with Gasteiger partial charge in [-0.05, 0) is 32.3 Å². The normalized spacial score (nSPS) is 10.5. The Hall–Kier alpha value is -1.75. The lowest BCUT2D eigenvalue weighted by Crippen LogP contribution is -2.31. The number of likely N-dealkylation sites (N-methyl/N-ethyl adjacent to an activating group) is 1. The van der Waals surface area contributed by atoms with E-state index in [9.17, 15) is 4.79 Å². The van der Waals surface area contributed by atoms with Gasteiger partial charge in [-0.15, -0.1) is 0 Å². The van der Waals surface area contributed by atoms with Crippen molar-refractivity contribution in [3.8, 4) is 0 Å². The largest absolute Gasteiger partial charge is 0.397 e. The predicted molar refractivity (Wildman–Crippen MR) is 76.1 cm³/mol. The number of nitrogen functional groups attached to an aromatic ring is 1. The third-order valence-corrected chi connectivity index (χ3v) is 2.62. The zero-order valence-electron chi connectivity index (χ0n) is 11.5. The summed E-state index contributed by atoms with van der Waals surface area (Å²) in [6.45, 7) is 1.44. The Morgan fingerprint density at radius 2 is 1.94 bits per heavy atom. The van der Waals surface area contributed by atoms with E-state index in [-0.39, 0.29) is 5.91 Å². The first kappa shape index (κ1) is 14.3. The van der Waals surface area contributed by atoms with Crippen molar-refractivity contribution in [1.29, 1.82) is 0 Å². The van der Waals surface area contributed by atoms with Crippen molar-refractivity contribution >= 4 is 17.3 Å². The van der Waals surface area contributed by atoms with Crippen molar-refractivity contribution in [2.75, 3.05) is 51.9 Å². The molecule has 0 heterocycles. The van der Waals surface area contributed by atoms with Gasteiger partial charge >= 0.3 is 0 Å². The molecule has 0 aliphatic heterocycles. The molecule has 0 aliphatic carbocycles. The average Bonchev–Trinajstić information content (AvgIpc) is 2.27. The number of hydrogen-bond acceptors (Lipinski definition) is 4. The van der Waals surface area contributed by atoms with Crippen LogP contribution in [0.15, 0.2) is 18.2 Å². The highest BCUT2D eigenvalue weighted by Gasteiger charge is 2.08. The van der Waals surface area contributed by atoms with Crippen molar-refractivity contribution in [3.05, 3.63) is 23.8 Å². The summed E-state index contributed by atoms with van der Waals surface area (Å²) in [4.78, 5) is 15.8. The highest BCUT2D eigenvalue weighted by atomic mass is 16.1. The molecule has 5 heteroatoms. The monoisotopic (exact) mass is 250 g/mol. The summed E-state index contributed by atoms with van der Waals surface area (Å²) in [5.74, 6) is -0.0890. The van der Waals surface area contributed by atoms with Crippen LogP contribution in [-0.2, 0) is 0 Å². The fourth-order valence-corrected chi connectivity index (χ4v) is 1.60. The molecule has 0 atom stereocenters. The van der Waals surface area contributed by atoms with Gasteiger partial charge in [-0.1, -0.05) is 0 Å². The minimum absolute atomic E-state index is 0.0890. The van der Waals surface area contributed by atoms with Gasteiger partial charge in [0.25, 0.3) is 5.91 Å². The summed E-state index contributed by atoms with van der Waals surface area (Å²) >= 11 is 0. The summed E-state index contributed by atoms with van der Waals surface area (Å²) in [7, 11) is 7.77. The summed E-state index contributed by atoms with van der Waals surface area (Å²) in [5.41, 5.74) is 8.03. The lowest BCUT2D eigenvalue weighted by atomic mass is 10.1. The van der Waals surface area contributed by atoms with Crippen LogP contribution in [0.25, 0.3) is 0 Å². The smallest absolute Gasteiger partial charge is 0.251 e. The molecule has 0 saturated carbocycles. The number of hydrogen-bond donors (Lipinski definition) is 2. The molecule has 0 spiro atoms. The number of amides is 1. The molecular formula is C13H22N4O. The molecule has 0 aromatic heterocycles. The molecule has 0 saturated heterocycles. The molecule has 0 radical (unpaired) electrons. The Kier molecular flexibility index (Phi) is 4.97. The first-order chi connectivity index (χ1) is 8.41. The van der Waals surface area contributed by atoms with Gasteiger partial charge in [0.05, 0.1) is 11.4 Å². The molecule has 3 N–H and O–H groups in total. The van der Waals surface area contributed by atoms with Gasteiger partial charge in [0.15, 0.2) is 0 Å². The molecule has 100 valence electrons. The van der Waals surface area contributed by atoms with Crippen molar-refractivity contribution in [2.45, 2.75) is 0 Å². The van der Waals surface area contributed by atoms with E-state index in [2.05, 4.69) is 5.32 Å². The van der Waals surface area contributed by atoms with E-state index in [4.69, 9.17) is 5.73 Å². The van der Waals surface area contributed by atoms with Crippen molar-refractivity contribution in [3.63, 3.8) is 0 Å².